The third-order valence-corrected chi connectivity index (χ3v) is 3.63. The van der Waals surface area contributed by atoms with Gasteiger partial charge in [-0.05, 0) is 40.0 Å². The highest BCUT2D eigenvalue weighted by atomic mass is 15.1. The summed E-state index contributed by atoms with van der Waals surface area (Å²) in [4.78, 5) is 4.29. The predicted molar refractivity (Wildman–Crippen MR) is 78.3 cm³/mol. The SMILES string of the molecule is CC(C)(C)c1cnccc1CC(C)(C)c1cn[nH]c1. The Morgan fingerprint density at radius 2 is 1.84 bits per heavy atom. The number of H-pyrrole nitrogens is 1. The van der Waals surface area contributed by atoms with Gasteiger partial charge in [0, 0.05) is 18.6 Å². The van der Waals surface area contributed by atoms with Gasteiger partial charge in [0.05, 0.1) is 6.20 Å². The molecule has 19 heavy (non-hydrogen) atoms. The van der Waals surface area contributed by atoms with E-state index in [9.17, 15) is 0 Å². The Bertz CT molecular complexity index is 533. The zero-order valence-electron chi connectivity index (χ0n) is 12.5. The van der Waals surface area contributed by atoms with Crippen LogP contribution >= 0.6 is 0 Å². The van der Waals surface area contributed by atoms with Crippen LogP contribution in [-0.2, 0) is 17.3 Å². The van der Waals surface area contributed by atoms with E-state index in [2.05, 4.69) is 55.9 Å². The van der Waals surface area contributed by atoms with E-state index in [1.54, 1.807) is 0 Å². The summed E-state index contributed by atoms with van der Waals surface area (Å²) in [5.74, 6) is 0. The minimum atomic E-state index is 0.0638. The number of aromatic amines is 1. The van der Waals surface area contributed by atoms with E-state index >= 15 is 0 Å². The van der Waals surface area contributed by atoms with Gasteiger partial charge in [0.15, 0.2) is 0 Å². The molecule has 0 spiro atoms. The van der Waals surface area contributed by atoms with Gasteiger partial charge in [-0.1, -0.05) is 34.6 Å². The van der Waals surface area contributed by atoms with E-state index in [1.807, 2.05) is 24.8 Å². The van der Waals surface area contributed by atoms with E-state index in [0.717, 1.165) is 6.42 Å². The third kappa shape index (κ3) is 3.03. The van der Waals surface area contributed by atoms with Crippen molar-refractivity contribution in [2.24, 2.45) is 0 Å². The van der Waals surface area contributed by atoms with Crippen LogP contribution in [0.4, 0.5) is 0 Å². The highest BCUT2D eigenvalue weighted by Gasteiger charge is 2.26. The Balaban J connectivity index is 2.34. The molecule has 0 bridgehead atoms. The average Bonchev–Trinajstić information content (AvgIpc) is 2.81. The fourth-order valence-corrected chi connectivity index (χ4v) is 2.45. The summed E-state index contributed by atoms with van der Waals surface area (Å²) in [5.41, 5.74) is 4.12. The second-order valence-electron chi connectivity index (χ2n) is 6.83. The Labute approximate surface area is 115 Å². The van der Waals surface area contributed by atoms with Gasteiger partial charge >= 0.3 is 0 Å². The molecule has 3 nitrogen and oxygen atoms in total. The van der Waals surface area contributed by atoms with Gasteiger partial charge < -0.3 is 0 Å². The van der Waals surface area contributed by atoms with E-state index in [1.165, 1.54) is 16.7 Å². The molecule has 0 fully saturated rings. The molecule has 2 aromatic rings. The first-order chi connectivity index (χ1) is 8.81. The fraction of sp³-hybridized carbons (Fsp3) is 0.500. The lowest BCUT2D eigenvalue weighted by Crippen LogP contribution is -2.23. The lowest BCUT2D eigenvalue weighted by atomic mass is 9.76. The number of hydrogen-bond donors (Lipinski definition) is 1. The Hall–Kier alpha value is -1.64. The van der Waals surface area contributed by atoms with E-state index in [4.69, 9.17) is 0 Å². The summed E-state index contributed by atoms with van der Waals surface area (Å²) in [6, 6.07) is 2.14. The Morgan fingerprint density at radius 3 is 2.42 bits per heavy atom. The van der Waals surface area contributed by atoms with Gasteiger partial charge in [-0.3, -0.25) is 10.1 Å². The van der Waals surface area contributed by atoms with Gasteiger partial charge in [-0.15, -0.1) is 0 Å². The summed E-state index contributed by atoms with van der Waals surface area (Å²) in [5, 5.41) is 6.97. The van der Waals surface area contributed by atoms with Crippen molar-refractivity contribution in [1.29, 1.82) is 0 Å². The molecule has 0 aliphatic carbocycles. The largest absolute Gasteiger partial charge is 0.285 e. The van der Waals surface area contributed by atoms with Crippen LogP contribution in [0.25, 0.3) is 0 Å². The molecule has 0 saturated carbocycles. The normalized spacial score (nSPS) is 12.7. The predicted octanol–water partition coefficient (Wildman–Crippen LogP) is 3.62. The average molecular weight is 257 g/mol. The molecular formula is C16H23N3. The zero-order valence-corrected chi connectivity index (χ0v) is 12.5. The number of nitrogens with zero attached hydrogens (tertiary/aromatic N) is 2. The van der Waals surface area contributed by atoms with Crippen molar-refractivity contribution in [2.45, 2.75) is 51.9 Å². The zero-order chi connectivity index (χ0) is 14.1. The lowest BCUT2D eigenvalue weighted by molar-refractivity contribution is 0.506. The molecule has 102 valence electrons. The molecule has 0 atom stereocenters. The molecule has 0 radical (unpaired) electrons. The first-order valence-electron chi connectivity index (χ1n) is 6.73. The van der Waals surface area contributed by atoms with Crippen LogP contribution in [0.15, 0.2) is 30.9 Å². The van der Waals surface area contributed by atoms with E-state index in [0.29, 0.717) is 0 Å². The summed E-state index contributed by atoms with van der Waals surface area (Å²) >= 11 is 0. The first kappa shape index (κ1) is 13.8. The van der Waals surface area contributed by atoms with Gasteiger partial charge in [0.25, 0.3) is 0 Å². The van der Waals surface area contributed by atoms with Crippen LogP contribution in [0.5, 0.6) is 0 Å². The number of hydrogen-bond acceptors (Lipinski definition) is 2. The van der Waals surface area contributed by atoms with Crippen molar-refractivity contribution in [3.63, 3.8) is 0 Å². The quantitative estimate of drug-likeness (QED) is 0.912. The van der Waals surface area contributed by atoms with E-state index < -0.39 is 0 Å². The van der Waals surface area contributed by atoms with Gasteiger partial charge in [-0.25, -0.2) is 0 Å². The number of nitrogens with one attached hydrogen (secondary N) is 1. The van der Waals surface area contributed by atoms with Crippen LogP contribution in [-0.4, -0.2) is 15.2 Å². The molecule has 3 heteroatoms. The number of rotatable bonds is 3. The highest BCUT2D eigenvalue weighted by Crippen LogP contribution is 2.32. The Morgan fingerprint density at radius 1 is 1.11 bits per heavy atom. The lowest BCUT2D eigenvalue weighted by Gasteiger charge is -2.28. The molecule has 2 aromatic heterocycles. The summed E-state index contributed by atoms with van der Waals surface area (Å²) in [6.07, 6.45) is 8.77. The topological polar surface area (TPSA) is 41.6 Å². The first-order valence-corrected chi connectivity index (χ1v) is 6.73. The van der Waals surface area contributed by atoms with Crippen molar-refractivity contribution in [3.05, 3.63) is 47.5 Å². The molecule has 0 aliphatic heterocycles. The van der Waals surface area contributed by atoms with Crippen LogP contribution in [0.3, 0.4) is 0 Å². The van der Waals surface area contributed by atoms with Crippen molar-refractivity contribution < 1.29 is 0 Å². The molecule has 0 saturated heterocycles. The molecule has 0 amide bonds. The maximum atomic E-state index is 4.29. The molecule has 0 unspecified atom stereocenters. The molecule has 2 rings (SSSR count). The maximum absolute atomic E-state index is 4.29. The van der Waals surface area contributed by atoms with Crippen molar-refractivity contribution >= 4 is 0 Å². The second kappa shape index (κ2) is 4.80. The second-order valence-corrected chi connectivity index (χ2v) is 6.83. The monoisotopic (exact) mass is 257 g/mol. The third-order valence-electron chi connectivity index (χ3n) is 3.63. The standard InChI is InChI=1S/C16H23N3/c1-15(2,3)14-11-17-7-6-12(14)8-16(4,5)13-9-18-19-10-13/h6-7,9-11H,8H2,1-5H3,(H,18,19). The Kier molecular flexibility index (Phi) is 3.48. The minimum Gasteiger partial charge on any atom is -0.285 e. The molecule has 2 heterocycles. The fourth-order valence-electron chi connectivity index (χ4n) is 2.45. The summed E-state index contributed by atoms with van der Waals surface area (Å²) in [7, 11) is 0. The highest BCUT2D eigenvalue weighted by molar-refractivity contribution is 5.33. The molecule has 1 N–H and O–H groups in total. The minimum absolute atomic E-state index is 0.0638. The summed E-state index contributed by atoms with van der Waals surface area (Å²) < 4.78 is 0. The van der Waals surface area contributed by atoms with Crippen molar-refractivity contribution in [3.8, 4) is 0 Å². The molecule has 0 aromatic carbocycles. The number of pyridine rings is 1. The van der Waals surface area contributed by atoms with Crippen LogP contribution in [0.2, 0.25) is 0 Å². The van der Waals surface area contributed by atoms with E-state index in [-0.39, 0.29) is 10.8 Å². The molecular weight excluding hydrogens is 234 g/mol. The van der Waals surface area contributed by atoms with Gasteiger partial charge in [0.2, 0.25) is 0 Å². The van der Waals surface area contributed by atoms with Crippen LogP contribution < -0.4 is 0 Å². The van der Waals surface area contributed by atoms with Crippen LogP contribution in [0, 0.1) is 0 Å². The number of aromatic nitrogens is 3. The van der Waals surface area contributed by atoms with Gasteiger partial charge in [-0.2, -0.15) is 5.10 Å². The maximum Gasteiger partial charge on any atom is 0.0524 e. The summed E-state index contributed by atoms with van der Waals surface area (Å²) in [6.45, 7) is 11.2. The van der Waals surface area contributed by atoms with Crippen molar-refractivity contribution in [1.82, 2.24) is 15.2 Å². The van der Waals surface area contributed by atoms with Crippen LogP contribution in [0.1, 0.15) is 51.3 Å². The van der Waals surface area contributed by atoms with Crippen molar-refractivity contribution in [2.75, 3.05) is 0 Å². The molecule has 0 aliphatic rings. The smallest absolute Gasteiger partial charge is 0.0524 e. The van der Waals surface area contributed by atoms with Gasteiger partial charge in [0.1, 0.15) is 0 Å².